The second-order valence-corrected chi connectivity index (χ2v) is 15.0. The molecule has 6 atom stereocenters. The Morgan fingerprint density at radius 3 is 1.29 bits per heavy atom. The lowest BCUT2D eigenvalue weighted by molar-refractivity contribution is -0.143. The maximum atomic E-state index is 14.2. The number of carboxylic acid groups (broad SMARTS) is 4. The van der Waals surface area contributed by atoms with Gasteiger partial charge in [0.05, 0.1) is 25.3 Å². The first kappa shape index (κ1) is 47.8. The first-order chi connectivity index (χ1) is 30.9. The van der Waals surface area contributed by atoms with Crippen LogP contribution in [0.25, 0.3) is 21.8 Å². The molecule has 0 spiro atoms. The molecule has 0 bridgehead atoms. The van der Waals surface area contributed by atoms with Crippen LogP contribution in [-0.4, -0.2) is 125 Å². The number of benzene rings is 3. The number of nitrogens with two attached hydrogens (primary N) is 1. The third-order valence-corrected chi connectivity index (χ3v) is 10.2. The minimum atomic E-state index is -1.95. The van der Waals surface area contributed by atoms with Crippen LogP contribution in [0.2, 0.25) is 0 Å². The normalized spacial score (nSPS) is 13.9. The number of rotatable bonds is 23. The van der Waals surface area contributed by atoms with Crippen molar-refractivity contribution in [2.24, 2.45) is 5.73 Å². The molecular weight excluding hydrogens is 853 g/mol. The van der Waals surface area contributed by atoms with Crippen LogP contribution >= 0.6 is 0 Å². The molecule has 342 valence electrons. The first-order valence-corrected chi connectivity index (χ1v) is 19.9. The van der Waals surface area contributed by atoms with E-state index in [-0.39, 0.29) is 25.0 Å². The molecule has 0 saturated heterocycles. The Morgan fingerprint density at radius 1 is 0.477 bits per heavy atom. The number of fused-ring (bicyclic) bond motifs is 2. The Labute approximate surface area is 368 Å². The zero-order valence-electron chi connectivity index (χ0n) is 34.3. The van der Waals surface area contributed by atoms with Crippen LogP contribution in [0.1, 0.15) is 36.0 Å². The lowest BCUT2D eigenvalue weighted by atomic mass is 10.0. The lowest BCUT2D eigenvalue weighted by Gasteiger charge is -2.26. The van der Waals surface area contributed by atoms with Crippen LogP contribution in [0.3, 0.4) is 0 Å². The van der Waals surface area contributed by atoms with Crippen molar-refractivity contribution in [3.8, 4) is 5.75 Å². The standard InChI is InChI=1S/C43H46N8O14/c44-27(16-35(53)54)38(59)47-32(17-36(55)56)41(62)48-30(14-22-19-45-28-7-3-1-5-25(22)28)39(60)50-33(18-37(57)58)42(63)49-31(15-23-20-46-29-8-4-2-6-26(23)29)40(61)51-34(43(64)65)13-21-9-11-24(52)12-10-21/h1-12,19-20,27,30-34,45-46,52H,13-18,44H2,(H,47,59)(H,48,62)(H,49,63)(H,50,60)(H,51,61)(H,53,54)(H,55,56)(H,57,58)(H,64,65)/t27-,30-,31-,32-,33-,34-/m0/s1. The summed E-state index contributed by atoms with van der Waals surface area (Å²) in [6.07, 6.45) is -0.731. The summed E-state index contributed by atoms with van der Waals surface area (Å²) in [5.41, 5.74) is 8.26. The van der Waals surface area contributed by atoms with Crippen molar-refractivity contribution < 1.29 is 68.7 Å². The Hall–Kier alpha value is -8.27. The van der Waals surface area contributed by atoms with Gasteiger partial charge in [0.25, 0.3) is 0 Å². The maximum absolute atomic E-state index is 14.2. The molecule has 65 heavy (non-hydrogen) atoms. The first-order valence-electron chi connectivity index (χ1n) is 19.9. The quantitative estimate of drug-likeness (QED) is 0.0398. The molecular formula is C43H46N8O14. The Balaban J connectivity index is 1.44. The fourth-order valence-electron chi connectivity index (χ4n) is 6.94. The summed E-state index contributed by atoms with van der Waals surface area (Å²) < 4.78 is 0. The summed E-state index contributed by atoms with van der Waals surface area (Å²) >= 11 is 0. The Kier molecular flexibility index (Phi) is 15.9. The molecule has 0 fully saturated rings. The van der Waals surface area contributed by atoms with Crippen molar-refractivity contribution >= 4 is 75.2 Å². The minimum absolute atomic E-state index is 0.0770. The smallest absolute Gasteiger partial charge is 0.326 e. The molecule has 5 amide bonds. The van der Waals surface area contributed by atoms with Gasteiger partial charge in [0.15, 0.2) is 0 Å². The number of aromatic hydroxyl groups is 1. The molecule has 22 heteroatoms. The third kappa shape index (κ3) is 13.4. The molecule has 0 unspecified atom stereocenters. The zero-order valence-corrected chi connectivity index (χ0v) is 34.3. The average Bonchev–Trinajstić information content (AvgIpc) is 3.86. The monoisotopic (exact) mass is 898 g/mol. The minimum Gasteiger partial charge on any atom is -0.508 e. The van der Waals surface area contributed by atoms with E-state index in [9.17, 15) is 63.6 Å². The topological polar surface area (TPSA) is 373 Å². The second kappa shape index (κ2) is 21.7. The van der Waals surface area contributed by atoms with Gasteiger partial charge in [-0.1, -0.05) is 48.5 Å². The van der Waals surface area contributed by atoms with Crippen molar-refractivity contribution in [2.45, 2.75) is 74.8 Å². The number of phenols is 1. The fourth-order valence-corrected chi connectivity index (χ4v) is 6.94. The predicted octanol–water partition coefficient (Wildman–Crippen LogP) is -0.357. The number of para-hydroxylation sites is 2. The largest absolute Gasteiger partial charge is 0.508 e. The molecule has 5 rings (SSSR count). The highest BCUT2D eigenvalue weighted by Crippen LogP contribution is 2.21. The highest BCUT2D eigenvalue weighted by atomic mass is 16.4. The van der Waals surface area contributed by atoms with E-state index in [2.05, 4.69) is 36.6 Å². The average molecular weight is 899 g/mol. The maximum Gasteiger partial charge on any atom is 0.326 e. The van der Waals surface area contributed by atoms with Crippen LogP contribution < -0.4 is 32.3 Å². The van der Waals surface area contributed by atoms with Crippen molar-refractivity contribution in [1.29, 1.82) is 0 Å². The number of phenolic OH excluding ortho intramolecular Hbond substituents is 1. The number of aliphatic carboxylic acids is 4. The summed E-state index contributed by atoms with van der Waals surface area (Å²) in [7, 11) is 0. The summed E-state index contributed by atoms with van der Waals surface area (Å²) in [4.78, 5) is 122. The molecule has 0 saturated carbocycles. The van der Waals surface area contributed by atoms with Gasteiger partial charge in [0.1, 0.15) is 36.0 Å². The summed E-state index contributed by atoms with van der Waals surface area (Å²) in [6.45, 7) is 0. The van der Waals surface area contributed by atoms with Crippen LogP contribution in [-0.2, 0) is 62.4 Å². The fraction of sp³-hybridized carbons (Fsp3) is 0.279. The van der Waals surface area contributed by atoms with Crippen molar-refractivity contribution in [2.75, 3.05) is 0 Å². The van der Waals surface area contributed by atoms with Gasteiger partial charge in [-0.2, -0.15) is 0 Å². The predicted molar refractivity (Wildman–Crippen MR) is 228 cm³/mol. The number of carbonyl (C=O) groups is 9. The summed E-state index contributed by atoms with van der Waals surface area (Å²) in [6, 6.07) is 8.99. The summed E-state index contributed by atoms with van der Waals surface area (Å²) in [5.74, 6) is -11.9. The third-order valence-electron chi connectivity index (χ3n) is 10.2. The van der Waals surface area contributed by atoms with Gasteiger partial charge in [0, 0.05) is 53.5 Å². The van der Waals surface area contributed by atoms with Gasteiger partial charge < -0.3 is 67.8 Å². The molecule has 14 N–H and O–H groups in total. The number of aromatic nitrogens is 2. The Morgan fingerprint density at radius 2 is 0.862 bits per heavy atom. The molecule has 5 aromatic rings. The van der Waals surface area contributed by atoms with E-state index < -0.39 is 109 Å². The van der Waals surface area contributed by atoms with Crippen LogP contribution in [0.15, 0.2) is 85.2 Å². The molecule has 2 aromatic heterocycles. The molecule has 0 aliphatic rings. The van der Waals surface area contributed by atoms with E-state index in [0.29, 0.717) is 38.5 Å². The number of hydrogen-bond acceptors (Lipinski definition) is 11. The number of nitrogens with one attached hydrogen (secondary N) is 7. The van der Waals surface area contributed by atoms with Gasteiger partial charge in [-0.05, 0) is 41.0 Å². The van der Waals surface area contributed by atoms with E-state index in [4.69, 9.17) is 10.8 Å². The molecule has 3 aromatic carbocycles. The second-order valence-electron chi connectivity index (χ2n) is 15.0. The van der Waals surface area contributed by atoms with E-state index in [1.165, 1.54) is 30.5 Å². The molecule has 2 heterocycles. The number of carboxylic acids is 4. The molecule has 0 aliphatic carbocycles. The number of amides is 5. The Bertz CT molecular complexity index is 2590. The van der Waals surface area contributed by atoms with E-state index >= 15 is 0 Å². The SMILES string of the molecule is N[C@@H](CC(=O)O)C(=O)N[C@@H](CC(=O)O)C(=O)N[C@@H](Cc1c[nH]c2ccccc12)C(=O)N[C@@H](CC(=O)O)C(=O)N[C@@H](Cc1c[nH]c2ccccc12)C(=O)N[C@@H](Cc1ccc(O)cc1)C(=O)O. The number of H-pyrrole nitrogens is 2. The van der Waals surface area contributed by atoms with E-state index in [1.54, 1.807) is 54.7 Å². The van der Waals surface area contributed by atoms with Crippen LogP contribution in [0.4, 0.5) is 0 Å². The van der Waals surface area contributed by atoms with Crippen molar-refractivity contribution in [3.05, 3.63) is 102 Å². The van der Waals surface area contributed by atoms with E-state index in [1.807, 2.05) is 0 Å². The number of aromatic amines is 2. The highest BCUT2D eigenvalue weighted by molar-refractivity contribution is 5.99. The van der Waals surface area contributed by atoms with Gasteiger partial charge in [0.2, 0.25) is 29.5 Å². The van der Waals surface area contributed by atoms with E-state index in [0.717, 1.165) is 0 Å². The van der Waals surface area contributed by atoms with Crippen molar-refractivity contribution in [3.63, 3.8) is 0 Å². The molecule has 0 aliphatic heterocycles. The number of hydrogen-bond donors (Lipinski definition) is 13. The van der Waals surface area contributed by atoms with Crippen LogP contribution in [0, 0.1) is 0 Å². The van der Waals surface area contributed by atoms with Gasteiger partial charge >= 0.3 is 23.9 Å². The number of carbonyl (C=O) groups excluding carboxylic acids is 5. The molecule has 22 nitrogen and oxygen atoms in total. The van der Waals surface area contributed by atoms with Gasteiger partial charge in [-0.3, -0.25) is 38.4 Å². The molecule has 0 radical (unpaired) electrons. The van der Waals surface area contributed by atoms with Crippen molar-refractivity contribution in [1.82, 2.24) is 36.6 Å². The zero-order chi connectivity index (χ0) is 47.4. The van der Waals surface area contributed by atoms with Crippen LogP contribution in [0.5, 0.6) is 5.75 Å². The van der Waals surface area contributed by atoms with Gasteiger partial charge in [-0.15, -0.1) is 0 Å². The highest BCUT2D eigenvalue weighted by Gasteiger charge is 2.35. The summed E-state index contributed by atoms with van der Waals surface area (Å²) in [5, 5.41) is 61.0. The lowest BCUT2D eigenvalue weighted by Crippen LogP contribution is -2.60. The van der Waals surface area contributed by atoms with Gasteiger partial charge in [-0.25, -0.2) is 4.79 Å².